The number of rotatable bonds is 5. The molecule has 0 atom stereocenters. The van der Waals surface area contributed by atoms with E-state index in [9.17, 15) is 14.7 Å². The van der Waals surface area contributed by atoms with Crippen LogP contribution in [0.25, 0.3) is 11.3 Å². The Kier molecular flexibility index (Phi) is 4.78. The minimum absolute atomic E-state index is 0.0401. The van der Waals surface area contributed by atoms with E-state index in [4.69, 9.17) is 16.0 Å². The number of benzene rings is 1. The van der Waals surface area contributed by atoms with Crippen LogP contribution < -0.4 is 15.7 Å². The summed E-state index contributed by atoms with van der Waals surface area (Å²) in [6.07, 6.45) is -0.241. The summed E-state index contributed by atoms with van der Waals surface area (Å²) < 4.78 is 5.22. The van der Waals surface area contributed by atoms with Crippen LogP contribution in [0.2, 0.25) is 5.02 Å². The van der Waals surface area contributed by atoms with E-state index in [0.29, 0.717) is 16.3 Å². The Labute approximate surface area is 124 Å². The first kappa shape index (κ1) is 14.9. The van der Waals surface area contributed by atoms with Gasteiger partial charge in [0.1, 0.15) is 6.09 Å². The molecule has 0 aliphatic heterocycles. The van der Waals surface area contributed by atoms with Crippen molar-refractivity contribution in [3.8, 4) is 11.3 Å². The average molecular weight is 309 g/mol. The summed E-state index contributed by atoms with van der Waals surface area (Å²) in [6, 6.07) is 6.82. The van der Waals surface area contributed by atoms with Crippen LogP contribution >= 0.6 is 11.6 Å². The largest absolute Gasteiger partial charge is 0.530 e. The number of aromatic nitrogens is 1. The summed E-state index contributed by atoms with van der Waals surface area (Å²) in [5.74, 6) is -0.179. The van der Waals surface area contributed by atoms with Crippen molar-refractivity contribution in [3.05, 3.63) is 41.4 Å². The molecule has 0 radical (unpaired) electrons. The van der Waals surface area contributed by atoms with Gasteiger partial charge in [-0.3, -0.25) is 4.79 Å². The Morgan fingerprint density at radius 1 is 1.29 bits per heavy atom. The molecule has 2 N–H and O–H groups in total. The van der Waals surface area contributed by atoms with Crippen molar-refractivity contribution in [1.29, 1.82) is 0 Å². The Morgan fingerprint density at radius 2 is 2.05 bits per heavy atom. The topological polar surface area (TPSA) is 107 Å². The molecule has 0 fully saturated rings. The maximum atomic E-state index is 12.0. The van der Waals surface area contributed by atoms with Crippen LogP contribution in [0.3, 0.4) is 0 Å². The molecule has 2 amide bonds. The summed E-state index contributed by atoms with van der Waals surface area (Å²) >= 11 is 5.89. The lowest BCUT2D eigenvalue weighted by Gasteiger charge is -2.07. The number of nitrogens with one attached hydrogen (secondary N) is 2. The predicted molar refractivity (Wildman–Crippen MR) is 72.7 cm³/mol. The summed E-state index contributed by atoms with van der Waals surface area (Å²) in [4.78, 5) is 26.0. The summed E-state index contributed by atoms with van der Waals surface area (Å²) in [5, 5.41) is 15.2. The second kappa shape index (κ2) is 6.76. The molecule has 21 heavy (non-hydrogen) atoms. The van der Waals surface area contributed by atoms with E-state index in [2.05, 4.69) is 10.3 Å². The highest BCUT2D eigenvalue weighted by atomic mass is 35.5. The van der Waals surface area contributed by atoms with Gasteiger partial charge in [0.15, 0.2) is 17.8 Å². The van der Waals surface area contributed by atoms with Gasteiger partial charge in [-0.15, -0.1) is 0 Å². The van der Waals surface area contributed by atoms with E-state index in [0.717, 1.165) is 6.39 Å². The van der Waals surface area contributed by atoms with Gasteiger partial charge >= 0.3 is 0 Å². The maximum Gasteiger partial charge on any atom is 0.273 e. The minimum Gasteiger partial charge on any atom is -0.530 e. The number of carbonyl (C=O) groups excluding carboxylic acids is 2. The highest BCUT2D eigenvalue weighted by Crippen LogP contribution is 2.25. The fourth-order valence-electron chi connectivity index (χ4n) is 1.67. The zero-order valence-electron chi connectivity index (χ0n) is 10.8. The Morgan fingerprint density at radius 3 is 2.76 bits per heavy atom. The first-order valence-corrected chi connectivity index (χ1v) is 6.38. The smallest absolute Gasteiger partial charge is 0.273 e. The van der Waals surface area contributed by atoms with Crippen molar-refractivity contribution in [2.24, 2.45) is 0 Å². The molecule has 1 aromatic carbocycles. The maximum absolute atomic E-state index is 12.0. The van der Waals surface area contributed by atoms with Crippen molar-refractivity contribution < 1.29 is 19.1 Å². The van der Waals surface area contributed by atoms with Crippen LogP contribution in [0.1, 0.15) is 10.5 Å². The number of amides is 2. The van der Waals surface area contributed by atoms with Crippen LogP contribution in [0.4, 0.5) is 4.79 Å². The SMILES string of the molecule is O=C([O-])NCCNC(=O)c1ncoc1-c1cccc(Cl)c1. The molecule has 1 heterocycles. The summed E-state index contributed by atoms with van der Waals surface area (Å²) in [7, 11) is 0. The molecule has 2 aromatic rings. The molecule has 7 nitrogen and oxygen atoms in total. The number of oxazole rings is 1. The van der Waals surface area contributed by atoms with Crippen LogP contribution in [-0.2, 0) is 0 Å². The monoisotopic (exact) mass is 308 g/mol. The third kappa shape index (κ3) is 3.96. The number of hydrogen-bond acceptors (Lipinski definition) is 5. The molecule has 0 aliphatic carbocycles. The van der Waals surface area contributed by atoms with Crippen molar-refractivity contribution in [2.45, 2.75) is 0 Å². The Balaban J connectivity index is 2.06. The molecule has 2 rings (SSSR count). The van der Waals surface area contributed by atoms with Crippen molar-refractivity contribution in [2.75, 3.05) is 13.1 Å². The van der Waals surface area contributed by atoms with Gasteiger partial charge in [-0.1, -0.05) is 23.7 Å². The lowest BCUT2D eigenvalue weighted by Crippen LogP contribution is -2.41. The van der Waals surface area contributed by atoms with Crippen LogP contribution in [0.15, 0.2) is 35.1 Å². The standard InChI is InChI=1S/C13H12ClN3O4/c14-9-3-1-2-8(6-9)11-10(17-7-21-11)12(18)15-4-5-16-13(19)20/h1-3,6-7,16H,4-5H2,(H,15,18)(H,19,20)/p-1. The molecule has 8 heteroatoms. The zero-order chi connectivity index (χ0) is 15.2. The normalized spacial score (nSPS) is 10.1. The molecule has 0 aliphatic rings. The van der Waals surface area contributed by atoms with Gasteiger partial charge in [0, 0.05) is 23.7 Å². The molecule has 1 aromatic heterocycles. The van der Waals surface area contributed by atoms with E-state index in [1.165, 1.54) is 0 Å². The lowest BCUT2D eigenvalue weighted by molar-refractivity contribution is -0.250. The molecule has 0 unspecified atom stereocenters. The molecular formula is C13H11ClN3O4-. The van der Waals surface area contributed by atoms with E-state index in [-0.39, 0.29) is 18.8 Å². The lowest BCUT2D eigenvalue weighted by atomic mass is 10.1. The van der Waals surface area contributed by atoms with Gasteiger partial charge in [0.05, 0.1) is 0 Å². The van der Waals surface area contributed by atoms with Crippen molar-refractivity contribution in [3.63, 3.8) is 0 Å². The number of hydrogen-bond donors (Lipinski definition) is 2. The Bertz CT molecular complexity index is 656. The number of nitrogens with zero attached hydrogens (tertiary/aromatic N) is 1. The quantitative estimate of drug-likeness (QED) is 0.789. The first-order chi connectivity index (χ1) is 10.1. The second-order valence-electron chi connectivity index (χ2n) is 4.01. The van der Waals surface area contributed by atoms with E-state index < -0.39 is 12.0 Å². The highest BCUT2D eigenvalue weighted by Gasteiger charge is 2.17. The average Bonchev–Trinajstić information content (AvgIpc) is 2.92. The van der Waals surface area contributed by atoms with E-state index >= 15 is 0 Å². The van der Waals surface area contributed by atoms with Crippen molar-refractivity contribution >= 4 is 23.6 Å². The fraction of sp³-hybridized carbons (Fsp3) is 0.154. The first-order valence-electron chi connectivity index (χ1n) is 6.00. The Hall–Kier alpha value is -2.54. The molecule has 0 saturated heterocycles. The van der Waals surface area contributed by atoms with Gasteiger partial charge in [0.25, 0.3) is 5.91 Å². The van der Waals surface area contributed by atoms with Gasteiger partial charge in [-0.25, -0.2) is 4.98 Å². The van der Waals surface area contributed by atoms with Gasteiger partial charge < -0.3 is 25.0 Å². The fourth-order valence-corrected chi connectivity index (χ4v) is 1.86. The molecule has 0 spiro atoms. The van der Waals surface area contributed by atoms with Crippen molar-refractivity contribution in [1.82, 2.24) is 15.6 Å². The second-order valence-corrected chi connectivity index (χ2v) is 4.45. The third-order valence-corrected chi connectivity index (χ3v) is 2.78. The van der Waals surface area contributed by atoms with E-state index in [1.54, 1.807) is 24.3 Å². The number of carbonyl (C=O) groups is 2. The highest BCUT2D eigenvalue weighted by molar-refractivity contribution is 6.30. The van der Waals surface area contributed by atoms with E-state index in [1.807, 2.05) is 5.32 Å². The third-order valence-electron chi connectivity index (χ3n) is 2.55. The number of carboxylic acid groups (broad SMARTS) is 1. The van der Waals surface area contributed by atoms with Crippen LogP contribution in [0.5, 0.6) is 0 Å². The molecule has 0 bridgehead atoms. The van der Waals surface area contributed by atoms with Gasteiger partial charge in [-0.2, -0.15) is 0 Å². The summed E-state index contributed by atoms with van der Waals surface area (Å²) in [6.45, 7) is 0.146. The van der Waals surface area contributed by atoms with Crippen LogP contribution in [-0.4, -0.2) is 30.1 Å². The molecular weight excluding hydrogens is 298 g/mol. The molecule has 110 valence electrons. The van der Waals surface area contributed by atoms with Crippen LogP contribution in [0, 0.1) is 0 Å². The minimum atomic E-state index is -1.40. The number of halogens is 1. The van der Waals surface area contributed by atoms with Gasteiger partial charge in [-0.05, 0) is 12.1 Å². The van der Waals surface area contributed by atoms with Gasteiger partial charge in [0.2, 0.25) is 0 Å². The molecule has 0 saturated carbocycles. The zero-order valence-corrected chi connectivity index (χ0v) is 11.5. The summed E-state index contributed by atoms with van der Waals surface area (Å²) in [5.41, 5.74) is 0.726. The predicted octanol–water partition coefficient (Wildman–Crippen LogP) is 0.658.